The minimum atomic E-state index is -1.59. The van der Waals surface area contributed by atoms with Crippen LogP contribution in [0.2, 0.25) is 0 Å². The zero-order valence-corrected chi connectivity index (χ0v) is 20.5. The number of benzene rings is 1. The number of aromatic amines is 2. The summed E-state index contributed by atoms with van der Waals surface area (Å²) >= 11 is 0. The van der Waals surface area contributed by atoms with Crippen molar-refractivity contribution in [3.8, 4) is 0 Å². The Morgan fingerprint density at radius 1 is 0.974 bits per heavy atom. The number of fused-ring (bicyclic) bond motifs is 1. The molecule has 0 aliphatic rings. The number of nitrogens with two attached hydrogens (primary N) is 1. The van der Waals surface area contributed by atoms with Gasteiger partial charge in [-0.2, -0.15) is 0 Å². The number of hydrogen-bond acceptors (Lipinski definition) is 8. The molecule has 1 aromatic carbocycles. The van der Waals surface area contributed by atoms with Crippen molar-refractivity contribution in [2.45, 2.75) is 50.0 Å². The topological polar surface area (TPSA) is 236 Å². The summed E-state index contributed by atoms with van der Waals surface area (Å²) in [5.74, 6) is -3.85. The lowest BCUT2D eigenvalue weighted by atomic mass is 10.0. The molecule has 0 aliphatic heterocycles. The molecule has 0 fully saturated rings. The number of H-pyrrole nitrogens is 2. The standard InChI is InChI=1S/C24H31N7O7/c1-12(33)20(25)23(36)30-18(7-14-9-26-11-28-14)22(35)29-17(21(34)31-19(10-32)24(37)38)6-13-8-27-16-5-3-2-4-15(13)16/h2-5,8-9,11-12,17-20,27,32-33H,6-7,10,25H2,1H3,(H,26,28)(H,29,35)(H,30,36)(H,31,34)(H,37,38). The third-order valence-electron chi connectivity index (χ3n) is 5.96. The lowest BCUT2D eigenvalue weighted by molar-refractivity contribution is -0.143. The molecule has 2 heterocycles. The molecule has 2 aromatic heterocycles. The molecule has 204 valence electrons. The first-order valence-electron chi connectivity index (χ1n) is 11.8. The van der Waals surface area contributed by atoms with E-state index in [-0.39, 0.29) is 12.8 Å². The van der Waals surface area contributed by atoms with Crippen molar-refractivity contribution in [2.24, 2.45) is 5.73 Å². The van der Waals surface area contributed by atoms with Crippen LogP contribution in [0.4, 0.5) is 0 Å². The number of aliphatic hydroxyl groups excluding tert-OH is 2. The van der Waals surface area contributed by atoms with E-state index in [9.17, 15) is 34.5 Å². The SMILES string of the molecule is CC(O)C(N)C(=O)NC(Cc1cnc[nH]1)C(=O)NC(Cc1c[nH]c2ccccc12)C(=O)NC(CO)C(=O)O. The Morgan fingerprint density at radius 2 is 1.61 bits per heavy atom. The van der Waals surface area contributed by atoms with Gasteiger partial charge in [-0.15, -0.1) is 0 Å². The molecule has 0 saturated carbocycles. The second-order valence-corrected chi connectivity index (χ2v) is 8.82. The number of carbonyl (C=O) groups excluding carboxylic acids is 3. The van der Waals surface area contributed by atoms with Crippen molar-refractivity contribution < 1.29 is 34.5 Å². The second kappa shape index (κ2) is 12.8. The Morgan fingerprint density at radius 3 is 2.21 bits per heavy atom. The van der Waals surface area contributed by atoms with Gasteiger partial charge in [0.15, 0.2) is 0 Å². The molecule has 5 unspecified atom stereocenters. The highest BCUT2D eigenvalue weighted by Crippen LogP contribution is 2.19. The van der Waals surface area contributed by atoms with Crippen LogP contribution in [0.15, 0.2) is 43.0 Å². The van der Waals surface area contributed by atoms with Crippen molar-refractivity contribution in [1.29, 1.82) is 0 Å². The van der Waals surface area contributed by atoms with Gasteiger partial charge < -0.3 is 47.0 Å². The van der Waals surface area contributed by atoms with E-state index >= 15 is 0 Å². The van der Waals surface area contributed by atoms with E-state index in [2.05, 4.69) is 30.9 Å². The molecule has 14 heteroatoms. The Hall–Kier alpha value is -4.27. The number of aliphatic carboxylic acids is 1. The van der Waals surface area contributed by atoms with Crippen LogP contribution in [0, 0.1) is 0 Å². The van der Waals surface area contributed by atoms with Gasteiger partial charge in [0.1, 0.15) is 24.2 Å². The highest BCUT2D eigenvalue weighted by Gasteiger charge is 2.31. The number of aliphatic hydroxyl groups is 2. The van der Waals surface area contributed by atoms with Crippen molar-refractivity contribution in [2.75, 3.05) is 6.61 Å². The van der Waals surface area contributed by atoms with Gasteiger partial charge in [0.05, 0.1) is 19.0 Å². The Balaban J connectivity index is 1.87. The second-order valence-electron chi connectivity index (χ2n) is 8.82. The van der Waals surface area contributed by atoms with E-state index in [4.69, 9.17) is 5.73 Å². The van der Waals surface area contributed by atoms with Gasteiger partial charge in [-0.25, -0.2) is 9.78 Å². The average molecular weight is 530 g/mol. The van der Waals surface area contributed by atoms with Crippen LogP contribution in [0.5, 0.6) is 0 Å². The third-order valence-corrected chi connectivity index (χ3v) is 5.96. The molecule has 10 N–H and O–H groups in total. The molecule has 0 saturated heterocycles. The van der Waals surface area contributed by atoms with Crippen LogP contribution < -0.4 is 21.7 Å². The van der Waals surface area contributed by atoms with Crippen LogP contribution in [-0.2, 0) is 32.0 Å². The van der Waals surface area contributed by atoms with Gasteiger partial charge in [-0.3, -0.25) is 14.4 Å². The van der Waals surface area contributed by atoms with Crippen LogP contribution in [0.25, 0.3) is 10.9 Å². The number of carbonyl (C=O) groups is 4. The number of carboxylic acids is 1. The molecule has 0 aliphatic carbocycles. The number of amides is 3. The number of hydrogen-bond donors (Lipinski definition) is 9. The largest absolute Gasteiger partial charge is 0.480 e. The van der Waals surface area contributed by atoms with Gasteiger partial charge in [0.2, 0.25) is 17.7 Å². The minimum Gasteiger partial charge on any atom is -0.480 e. The van der Waals surface area contributed by atoms with Crippen molar-refractivity contribution in [3.05, 3.63) is 54.2 Å². The van der Waals surface area contributed by atoms with Gasteiger partial charge in [0, 0.05) is 41.8 Å². The van der Waals surface area contributed by atoms with E-state index in [1.54, 1.807) is 12.3 Å². The molecule has 5 atom stereocenters. The minimum absolute atomic E-state index is 0.0305. The monoisotopic (exact) mass is 529 g/mol. The highest BCUT2D eigenvalue weighted by molar-refractivity contribution is 5.95. The summed E-state index contributed by atoms with van der Waals surface area (Å²) in [4.78, 5) is 60.2. The van der Waals surface area contributed by atoms with Gasteiger partial charge >= 0.3 is 5.97 Å². The van der Waals surface area contributed by atoms with Crippen molar-refractivity contribution >= 4 is 34.6 Å². The number of aromatic nitrogens is 3. The van der Waals surface area contributed by atoms with E-state index in [1.807, 2.05) is 18.2 Å². The number of para-hydroxylation sites is 1. The lowest BCUT2D eigenvalue weighted by Crippen LogP contribution is -2.59. The summed E-state index contributed by atoms with van der Waals surface area (Å²) in [6, 6.07) is 1.90. The molecule has 3 aromatic rings. The van der Waals surface area contributed by atoms with Crippen molar-refractivity contribution in [1.82, 2.24) is 30.9 Å². The Kier molecular flexibility index (Phi) is 9.54. The molecule has 3 rings (SSSR count). The quantitative estimate of drug-likeness (QED) is 0.118. The van der Waals surface area contributed by atoms with Crippen LogP contribution in [-0.4, -0.2) is 90.8 Å². The van der Waals surface area contributed by atoms with Crippen LogP contribution in [0.1, 0.15) is 18.2 Å². The van der Waals surface area contributed by atoms with Gasteiger partial charge in [-0.05, 0) is 18.6 Å². The molecular formula is C24H31N7O7. The zero-order valence-electron chi connectivity index (χ0n) is 20.5. The Bertz CT molecular complexity index is 1260. The first kappa shape index (κ1) is 28.3. The summed E-state index contributed by atoms with van der Waals surface area (Å²) in [6.45, 7) is 0.473. The average Bonchev–Trinajstić information content (AvgIpc) is 3.55. The summed E-state index contributed by atoms with van der Waals surface area (Å²) in [7, 11) is 0. The molecule has 3 amide bonds. The predicted molar refractivity (Wildman–Crippen MR) is 134 cm³/mol. The fourth-order valence-corrected chi connectivity index (χ4v) is 3.77. The molecule has 0 bridgehead atoms. The normalized spacial score (nSPS) is 15.2. The lowest BCUT2D eigenvalue weighted by Gasteiger charge is -2.25. The van der Waals surface area contributed by atoms with E-state index in [1.165, 1.54) is 19.4 Å². The van der Waals surface area contributed by atoms with E-state index in [0.717, 1.165) is 10.9 Å². The number of nitrogens with zero attached hydrogens (tertiary/aromatic N) is 1. The number of nitrogens with one attached hydrogen (secondary N) is 5. The number of carboxylic acid groups (broad SMARTS) is 1. The summed E-state index contributed by atoms with van der Waals surface area (Å²) < 4.78 is 0. The smallest absolute Gasteiger partial charge is 0.328 e. The third kappa shape index (κ3) is 7.15. The summed E-state index contributed by atoms with van der Waals surface area (Å²) in [6.07, 6.45) is 3.26. The molecule has 0 radical (unpaired) electrons. The van der Waals surface area contributed by atoms with Crippen LogP contribution in [0.3, 0.4) is 0 Å². The molecular weight excluding hydrogens is 498 g/mol. The van der Waals surface area contributed by atoms with Crippen molar-refractivity contribution in [3.63, 3.8) is 0 Å². The fraction of sp³-hybridized carbons (Fsp3) is 0.375. The first-order chi connectivity index (χ1) is 18.1. The van der Waals surface area contributed by atoms with Gasteiger partial charge in [0.25, 0.3) is 0 Å². The molecule has 0 spiro atoms. The highest BCUT2D eigenvalue weighted by atomic mass is 16.4. The van der Waals surface area contributed by atoms with E-state index in [0.29, 0.717) is 11.3 Å². The summed E-state index contributed by atoms with van der Waals surface area (Å²) in [5, 5.41) is 36.4. The molecule has 38 heavy (non-hydrogen) atoms. The number of imidazole rings is 1. The first-order valence-corrected chi connectivity index (χ1v) is 11.8. The zero-order chi connectivity index (χ0) is 27.8. The van der Waals surface area contributed by atoms with Gasteiger partial charge in [-0.1, -0.05) is 18.2 Å². The number of rotatable bonds is 13. The Labute approximate surface area is 217 Å². The maximum Gasteiger partial charge on any atom is 0.328 e. The molecule has 14 nitrogen and oxygen atoms in total. The predicted octanol–water partition coefficient (Wildman–Crippen LogP) is -2.08. The summed E-state index contributed by atoms with van der Waals surface area (Å²) in [5.41, 5.74) is 7.68. The maximum atomic E-state index is 13.4. The van der Waals surface area contributed by atoms with E-state index < -0.39 is 60.6 Å². The van der Waals surface area contributed by atoms with Crippen LogP contribution >= 0.6 is 0 Å². The maximum absolute atomic E-state index is 13.4. The fourth-order valence-electron chi connectivity index (χ4n) is 3.77.